The predicted molar refractivity (Wildman–Crippen MR) is 71.0 cm³/mol. The second kappa shape index (κ2) is 8.28. The van der Waals surface area contributed by atoms with Crippen LogP contribution < -0.4 is 0 Å². The van der Waals surface area contributed by atoms with Gasteiger partial charge in [0.15, 0.2) is 0 Å². The Balaban J connectivity index is 4.41. The van der Waals surface area contributed by atoms with E-state index in [9.17, 15) is 0 Å². The predicted octanol–water partition coefficient (Wildman–Crippen LogP) is 5.20. The highest BCUT2D eigenvalue weighted by atomic mass is 13.9. The lowest BCUT2D eigenvalue weighted by Crippen LogP contribution is -1.75. The van der Waals surface area contributed by atoms with Gasteiger partial charge in [0, 0.05) is 0 Å². The van der Waals surface area contributed by atoms with Crippen molar-refractivity contribution >= 4 is 0 Å². The Morgan fingerprint density at radius 2 is 1.53 bits per heavy atom. The smallest absolute Gasteiger partial charge is 0.0350 e. The maximum absolute atomic E-state index is 2.24. The zero-order valence-electron chi connectivity index (χ0n) is 10.8. The summed E-state index contributed by atoms with van der Waals surface area (Å²) in [5, 5.41) is 0. The lowest BCUT2D eigenvalue weighted by molar-refractivity contribution is 0.957. The van der Waals surface area contributed by atoms with Gasteiger partial charge in [-0.1, -0.05) is 60.4 Å². The lowest BCUT2D eigenvalue weighted by Gasteiger charge is -1.96. The van der Waals surface area contributed by atoms with Crippen molar-refractivity contribution < 1.29 is 0 Å². The number of allylic oxidation sites excluding steroid dienone is 8. The summed E-state index contributed by atoms with van der Waals surface area (Å²) < 4.78 is 0. The summed E-state index contributed by atoms with van der Waals surface area (Å²) in [6.07, 6.45) is 13.4. The molecule has 0 heterocycles. The largest absolute Gasteiger partial charge is 0.0847 e. The molecule has 0 heteroatoms. The minimum atomic E-state index is 1.17. The van der Waals surface area contributed by atoms with E-state index in [0.29, 0.717) is 0 Å². The topological polar surface area (TPSA) is 0 Å². The van der Waals surface area contributed by atoms with Crippen LogP contribution >= 0.6 is 0 Å². The van der Waals surface area contributed by atoms with Crippen molar-refractivity contribution in [2.45, 2.75) is 47.5 Å². The van der Waals surface area contributed by atoms with Gasteiger partial charge in [-0.3, -0.25) is 0 Å². The van der Waals surface area contributed by atoms with Crippen molar-refractivity contribution in [1.82, 2.24) is 0 Å². The molecule has 0 bridgehead atoms. The van der Waals surface area contributed by atoms with E-state index >= 15 is 0 Å². The number of rotatable bonds is 5. The van der Waals surface area contributed by atoms with Crippen LogP contribution in [0.25, 0.3) is 0 Å². The standard InChI is InChI=1S/C15H24/c1-6-8-9-10-14(4)12-15(5)11-13(3)7-2/h7,9-12H,6,8H2,1-5H3/b10-9+,13-7+,14-12+,15-11+. The molecule has 0 amide bonds. The quantitative estimate of drug-likeness (QED) is 0.540. The van der Waals surface area contributed by atoms with Crippen LogP contribution in [-0.4, -0.2) is 0 Å². The molecule has 0 aliphatic carbocycles. The van der Waals surface area contributed by atoms with Gasteiger partial charge in [-0.2, -0.15) is 0 Å². The van der Waals surface area contributed by atoms with E-state index < -0.39 is 0 Å². The molecule has 0 aliphatic heterocycles. The van der Waals surface area contributed by atoms with Crippen molar-refractivity contribution in [1.29, 1.82) is 0 Å². The van der Waals surface area contributed by atoms with Crippen LogP contribution in [0.4, 0.5) is 0 Å². The van der Waals surface area contributed by atoms with Crippen molar-refractivity contribution in [3.63, 3.8) is 0 Å². The van der Waals surface area contributed by atoms with E-state index in [2.05, 4.69) is 65.0 Å². The molecule has 0 aromatic carbocycles. The van der Waals surface area contributed by atoms with Crippen molar-refractivity contribution in [3.05, 3.63) is 47.1 Å². The van der Waals surface area contributed by atoms with E-state index in [0.717, 1.165) is 0 Å². The molecule has 0 aliphatic rings. The van der Waals surface area contributed by atoms with E-state index in [4.69, 9.17) is 0 Å². The average Bonchev–Trinajstić information content (AvgIpc) is 2.17. The van der Waals surface area contributed by atoms with Gasteiger partial charge in [0.2, 0.25) is 0 Å². The summed E-state index contributed by atoms with van der Waals surface area (Å²) in [5.74, 6) is 0. The maximum atomic E-state index is 2.24. The fourth-order valence-electron chi connectivity index (χ4n) is 1.33. The highest BCUT2D eigenvalue weighted by Gasteiger charge is 1.86. The van der Waals surface area contributed by atoms with Crippen LogP contribution in [0.3, 0.4) is 0 Å². The molecule has 84 valence electrons. The molecular formula is C15H24. The van der Waals surface area contributed by atoms with Gasteiger partial charge >= 0.3 is 0 Å². The van der Waals surface area contributed by atoms with Crippen LogP contribution in [0.15, 0.2) is 47.1 Å². The normalized spacial score (nSPS) is 15.1. The molecule has 0 fully saturated rings. The van der Waals surface area contributed by atoms with Gasteiger partial charge in [0.1, 0.15) is 0 Å². The van der Waals surface area contributed by atoms with Crippen LogP contribution in [0.1, 0.15) is 47.5 Å². The summed E-state index contributed by atoms with van der Waals surface area (Å²) in [5.41, 5.74) is 3.94. The minimum absolute atomic E-state index is 1.17. The third-order valence-corrected chi connectivity index (χ3v) is 2.20. The molecule has 0 saturated carbocycles. The lowest BCUT2D eigenvalue weighted by atomic mass is 10.1. The first-order chi connectivity index (χ1) is 7.10. The van der Waals surface area contributed by atoms with Crippen LogP contribution in [-0.2, 0) is 0 Å². The Hall–Kier alpha value is -1.04. The van der Waals surface area contributed by atoms with Crippen molar-refractivity contribution in [2.75, 3.05) is 0 Å². The van der Waals surface area contributed by atoms with E-state index in [1.54, 1.807) is 0 Å². The zero-order chi connectivity index (χ0) is 11.7. The highest BCUT2D eigenvalue weighted by molar-refractivity contribution is 5.32. The van der Waals surface area contributed by atoms with Crippen molar-refractivity contribution in [3.8, 4) is 0 Å². The molecule has 0 saturated heterocycles. The fraction of sp³-hybridized carbons (Fsp3) is 0.467. The minimum Gasteiger partial charge on any atom is -0.0847 e. The molecule has 0 N–H and O–H groups in total. The summed E-state index contributed by atoms with van der Waals surface area (Å²) >= 11 is 0. The molecular weight excluding hydrogens is 180 g/mol. The van der Waals surface area contributed by atoms with Gasteiger partial charge < -0.3 is 0 Å². The van der Waals surface area contributed by atoms with Gasteiger partial charge in [-0.15, -0.1) is 0 Å². The first-order valence-electron chi connectivity index (χ1n) is 5.76. The molecule has 0 aromatic rings. The Morgan fingerprint density at radius 3 is 2.07 bits per heavy atom. The van der Waals surface area contributed by atoms with E-state index in [1.807, 2.05) is 0 Å². The van der Waals surface area contributed by atoms with Crippen LogP contribution in [0, 0.1) is 0 Å². The molecule has 0 spiro atoms. The molecule has 0 atom stereocenters. The third-order valence-electron chi connectivity index (χ3n) is 2.20. The van der Waals surface area contributed by atoms with E-state index in [1.165, 1.54) is 29.6 Å². The number of unbranched alkanes of at least 4 members (excludes halogenated alkanes) is 1. The summed E-state index contributed by atoms with van der Waals surface area (Å²) in [6.45, 7) is 10.7. The van der Waals surface area contributed by atoms with Gasteiger partial charge in [-0.05, 0) is 34.1 Å². The molecule has 0 aromatic heterocycles. The summed E-state index contributed by atoms with van der Waals surface area (Å²) in [7, 11) is 0. The van der Waals surface area contributed by atoms with Crippen LogP contribution in [0.5, 0.6) is 0 Å². The first kappa shape index (κ1) is 14.0. The van der Waals surface area contributed by atoms with Crippen molar-refractivity contribution in [2.24, 2.45) is 0 Å². The zero-order valence-corrected chi connectivity index (χ0v) is 10.8. The Kier molecular flexibility index (Phi) is 7.71. The third kappa shape index (κ3) is 7.99. The molecule has 0 nitrogen and oxygen atoms in total. The molecule has 0 radical (unpaired) electrons. The second-order valence-electron chi connectivity index (χ2n) is 4.00. The summed E-state index contributed by atoms with van der Waals surface area (Å²) in [4.78, 5) is 0. The molecule has 15 heavy (non-hydrogen) atoms. The van der Waals surface area contributed by atoms with Gasteiger partial charge in [0.05, 0.1) is 0 Å². The number of hydrogen-bond donors (Lipinski definition) is 0. The maximum Gasteiger partial charge on any atom is -0.0350 e. The Labute approximate surface area is 95.1 Å². The average molecular weight is 204 g/mol. The Bertz CT molecular complexity index is 285. The first-order valence-corrected chi connectivity index (χ1v) is 5.76. The fourth-order valence-corrected chi connectivity index (χ4v) is 1.33. The van der Waals surface area contributed by atoms with Gasteiger partial charge in [-0.25, -0.2) is 0 Å². The summed E-state index contributed by atoms with van der Waals surface area (Å²) in [6, 6.07) is 0. The molecule has 0 rings (SSSR count). The highest BCUT2D eigenvalue weighted by Crippen LogP contribution is 2.07. The second-order valence-corrected chi connectivity index (χ2v) is 4.00. The van der Waals surface area contributed by atoms with Crippen LogP contribution in [0.2, 0.25) is 0 Å². The number of hydrogen-bond acceptors (Lipinski definition) is 0. The SMILES string of the molecule is C/C=C(C)/C=C(C)/C=C(C)/C=C/CCC. The van der Waals surface area contributed by atoms with Gasteiger partial charge in [0.25, 0.3) is 0 Å². The monoisotopic (exact) mass is 204 g/mol. The Morgan fingerprint density at radius 1 is 0.933 bits per heavy atom. The van der Waals surface area contributed by atoms with E-state index in [-0.39, 0.29) is 0 Å². The molecule has 0 unspecified atom stereocenters.